The van der Waals surface area contributed by atoms with Crippen molar-refractivity contribution in [3.05, 3.63) is 53.5 Å². The predicted molar refractivity (Wildman–Crippen MR) is 108 cm³/mol. The molecule has 1 aromatic carbocycles. The molecular formula is C21H27N5O2. The van der Waals surface area contributed by atoms with Crippen molar-refractivity contribution in [2.75, 3.05) is 31.1 Å². The van der Waals surface area contributed by atoms with Gasteiger partial charge in [0.1, 0.15) is 17.3 Å². The van der Waals surface area contributed by atoms with Crippen LogP contribution in [0.2, 0.25) is 0 Å². The summed E-state index contributed by atoms with van der Waals surface area (Å²) in [4.78, 5) is 38.4. The smallest absolute Gasteiger partial charge is 0.272 e. The Bertz CT molecular complexity index is 817. The standard InChI is InChI=1S/C21H27N5O2/c1-16(2)26(14-18-7-5-4-6-8-18)20-13-19(22-17(3)23-20)21(28)25-11-9-24(15-27)10-12-25/h4-8,13,15-16H,9-12,14H2,1-3H3. The third kappa shape index (κ3) is 4.65. The Hall–Kier alpha value is -2.96. The lowest BCUT2D eigenvalue weighted by atomic mass is 10.2. The highest BCUT2D eigenvalue weighted by Crippen LogP contribution is 2.20. The van der Waals surface area contributed by atoms with Crippen LogP contribution in [0.1, 0.15) is 35.7 Å². The molecule has 0 atom stereocenters. The molecule has 1 aromatic heterocycles. The Morgan fingerprint density at radius 1 is 1.14 bits per heavy atom. The van der Waals surface area contributed by atoms with E-state index in [1.807, 2.05) is 25.1 Å². The van der Waals surface area contributed by atoms with E-state index in [1.54, 1.807) is 15.9 Å². The minimum Gasteiger partial charge on any atom is -0.350 e. The minimum atomic E-state index is -0.110. The van der Waals surface area contributed by atoms with Crippen LogP contribution in [0.3, 0.4) is 0 Å². The van der Waals surface area contributed by atoms with Crippen LogP contribution in [-0.4, -0.2) is 64.3 Å². The van der Waals surface area contributed by atoms with Gasteiger partial charge in [0.15, 0.2) is 0 Å². The average Bonchev–Trinajstić information content (AvgIpc) is 2.71. The van der Waals surface area contributed by atoms with E-state index >= 15 is 0 Å². The minimum absolute atomic E-state index is 0.110. The van der Waals surface area contributed by atoms with Gasteiger partial charge in [0.2, 0.25) is 6.41 Å². The van der Waals surface area contributed by atoms with Gasteiger partial charge in [-0.05, 0) is 26.3 Å². The molecule has 148 valence electrons. The van der Waals surface area contributed by atoms with Gasteiger partial charge in [0.25, 0.3) is 5.91 Å². The van der Waals surface area contributed by atoms with Crippen LogP contribution in [-0.2, 0) is 11.3 Å². The molecule has 2 amide bonds. The van der Waals surface area contributed by atoms with Crippen LogP contribution >= 0.6 is 0 Å². The second kappa shape index (κ2) is 8.82. The monoisotopic (exact) mass is 381 g/mol. The first-order valence-electron chi connectivity index (χ1n) is 9.63. The van der Waals surface area contributed by atoms with Crippen LogP contribution in [0.5, 0.6) is 0 Å². The van der Waals surface area contributed by atoms with Crippen LogP contribution in [0.4, 0.5) is 5.82 Å². The molecule has 28 heavy (non-hydrogen) atoms. The van der Waals surface area contributed by atoms with Crippen molar-refractivity contribution in [3.8, 4) is 0 Å². The molecule has 0 unspecified atom stereocenters. The number of nitrogens with zero attached hydrogens (tertiary/aromatic N) is 5. The topological polar surface area (TPSA) is 69.6 Å². The van der Waals surface area contributed by atoms with E-state index in [9.17, 15) is 9.59 Å². The molecule has 7 nitrogen and oxygen atoms in total. The molecule has 1 saturated heterocycles. The molecule has 1 aliphatic rings. The molecule has 3 rings (SSSR count). The molecule has 1 aliphatic heterocycles. The van der Waals surface area contributed by atoms with E-state index in [0.29, 0.717) is 44.2 Å². The maximum Gasteiger partial charge on any atom is 0.272 e. The third-order valence-electron chi connectivity index (χ3n) is 4.91. The maximum absolute atomic E-state index is 13.0. The summed E-state index contributed by atoms with van der Waals surface area (Å²) in [6.07, 6.45) is 0.832. The molecule has 0 N–H and O–H groups in total. The molecule has 2 aromatic rings. The zero-order valence-corrected chi connectivity index (χ0v) is 16.7. The molecule has 0 aliphatic carbocycles. The van der Waals surface area contributed by atoms with E-state index in [0.717, 1.165) is 12.2 Å². The Morgan fingerprint density at radius 3 is 2.43 bits per heavy atom. The Morgan fingerprint density at radius 2 is 1.82 bits per heavy atom. The fourth-order valence-electron chi connectivity index (χ4n) is 3.31. The van der Waals surface area contributed by atoms with Gasteiger partial charge in [-0.25, -0.2) is 9.97 Å². The van der Waals surface area contributed by atoms with Crippen molar-refractivity contribution in [2.24, 2.45) is 0 Å². The average molecular weight is 381 g/mol. The van der Waals surface area contributed by atoms with Crippen molar-refractivity contribution in [1.82, 2.24) is 19.8 Å². The summed E-state index contributed by atoms with van der Waals surface area (Å²) in [5, 5.41) is 0. The largest absolute Gasteiger partial charge is 0.350 e. The van der Waals surface area contributed by atoms with Crippen molar-refractivity contribution in [2.45, 2.75) is 33.4 Å². The van der Waals surface area contributed by atoms with Gasteiger partial charge < -0.3 is 14.7 Å². The van der Waals surface area contributed by atoms with Crippen LogP contribution in [0, 0.1) is 6.92 Å². The number of amides is 2. The maximum atomic E-state index is 13.0. The number of rotatable bonds is 6. The van der Waals surface area contributed by atoms with Gasteiger partial charge in [0, 0.05) is 44.8 Å². The summed E-state index contributed by atoms with van der Waals surface area (Å²) in [5.41, 5.74) is 1.59. The zero-order chi connectivity index (χ0) is 20.1. The van der Waals surface area contributed by atoms with Crippen molar-refractivity contribution >= 4 is 18.1 Å². The summed E-state index contributed by atoms with van der Waals surface area (Å²) < 4.78 is 0. The fourth-order valence-corrected chi connectivity index (χ4v) is 3.31. The summed E-state index contributed by atoms with van der Waals surface area (Å²) in [7, 11) is 0. The normalized spacial score (nSPS) is 14.3. The predicted octanol–water partition coefficient (Wildman–Crippen LogP) is 2.11. The van der Waals surface area contributed by atoms with Crippen LogP contribution in [0.15, 0.2) is 36.4 Å². The molecular weight excluding hydrogens is 354 g/mol. The number of hydrogen-bond acceptors (Lipinski definition) is 5. The third-order valence-corrected chi connectivity index (χ3v) is 4.91. The van der Waals surface area contributed by atoms with Gasteiger partial charge in [-0.1, -0.05) is 30.3 Å². The zero-order valence-electron chi connectivity index (χ0n) is 16.7. The number of carbonyl (C=O) groups is 2. The second-order valence-electron chi connectivity index (χ2n) is 7.30. The van der Waals surface area contributed by atoms with Crippen molar-refractivity contribution in [1.29, 1.82) is 0 Å². The Labute approximate surface area is 166 Å². The van der Waals surface area contributed by atoms with Crippen molar-refractivity contribution < 1.29 is 9.59 Å². The lowest BCUT2D eigenvalue weighted by molar-refractivity contribution is -0.119. The first-order chi connectivity index (χ1) is 13.5. The first kappa shape index (κ1) is 19.8. The summed E-state index contributed by atoms with van der Waals surface area (Å²) in [6.45, 7) is 8.89. The summed E-state index contributed by atoms with van der Waals surface area (Å²) >= 11 is 0. The molecule has 7 heteroatoms. The van der Waals surface area contributed by atoms with E-state index < -0.39 is 0 Å². The number of benzene rings is 1. The SMILES string of the molecule is Cc1nc(C(=O)N2CCN(C=O)CC2)cc(N(Cc2ccccc2)C(C)C)n1. The lowest BCUT2D eigenvalue weighted by Crippen LogP contribution is -2.48. The number of carbonyl (C=O) groups excluding carboxylic acids is 2. The van der Waals surface area contributed by atoms with Gasteiger partial charge >= 0.3 is 0 Å². The summed E-state index contributed by atoms with van der Waals surface area (Å²) in [6, 6.07) is 12.2. The molecule has 0 saturated carbocycles. The first-order valence-corrected chi connectivity index (χ1v) is 9.63. The van der Waals surface area contributed by atoms with E-state index in [2.05, 4.69) is 40.8 Å². The van der Waals surface area contributed by atoms with Gasteiger partial charge in [-0.3, -0.25) is 9.59 Å². The number of anilines is 1. The number of piperazine rings is 1. The van der Waals surface area contributed by atoms with Crippen LogP contribution < -0.4 is 4.90 Å². The van der Waals surface area contributed by atoms with Gasteiger partial charge in [-0.2, -0.15) is 0 Å². The highest BCUT2D eigenvalue weighted by Gasteiger charge is 2.24. The van der Waals surface area contributed by atoms with E-state index in [4.69, 9.17) is 0 Å². The molecule has 0 spiro atoms. The number of hydrogen-bond donors (Lipinski definition) is 0. The van der Waals surface area contributed by atoms with Gasteiger partial charge in [-0.15, -0.1) is 0 Å². The summed E-state index contributed by atoms with van der Waals surface area (Å²) in [5.74, 6) is 1.22. The van der Waals surface area contributed by atoms with E-state index in [1.165, 1.54) is 5.56 Å². The Balaban J connectivity index is 1.83. The van der Waals surface area contributed by atoms with Gasteiger partial charge in [0.05, 0.1) is 0 Å². The molecule has 1 fully saturated rings. The molecule has 0 bridgehead atoms. The second-order valence-corrected chi connectivity index (χ2v) is 7.30. The number of aromatic nitrogens is 2. The van der Waals surface area contributed by atoms with Crippen molar-refractivity contribution in [3.63, 3.8) is 0 Å². The van der Waals surface area contributed by atoms with E-state index in [-0.39, 0.29) is 11.9 Å². The lowest BCUT2D eigenvalue weighted by Gasteiger charge is -2.33. The highest BCUT2D eigenvalue weighted by molar-refractivity contribution is 5.93. The van der Waals surface area contributed by atoms with Crippen LogP contribution in [0.25, 0.3) is 0 Å². The highest BCUT2D eigenvalue weighted by atomic mass is 16.2. The Kier molecular flexibility index (Phi) is 6.23. The molecule has 2 heterocycles. The molecule has 0 radical (unpaired) electrons. The quantitative estimate of drug-likeness (QED) is 0.717. The number of aryl methyl sites for hydroxylation is 1. The fraction of sp³-hybridized carbons (Fsp3) is 0.429.